The van der Waals surface area contributed by atoms with Gasteiger partial charge in [-0.1, -0.05) is 19.1 Å². The average molecular weight is 531 g/mol. The van der Waals surface area contributed by atoms with E-state index in [9.17, 15) is 13.2 Å². The predicted octanol–water partition coefficient (Wildman–Crippen LogP) is 4.83. The molecule has 1 aromatic carbocycles. The van der Waals surface area contributed by atoms with Gasteiger partial charge in [0, 0.05) is 67.2 Å². The number of nitrogens with one attached hydrogen (secondary N) is 1. The number of morpholine rings is 1. The molecule has 0 atom stereocenters. The second-order valence-electron chi connectivity index (χ2n) is 9.56. The minimum absolute atomic E-state index is 0.415. The van der Waals surface area contributed by atoms with Crippen molar-refractivity contribution >= 4 is 38.3 Å². The lowest BCUT2D eigenvalue weighted by molar-refractivity contribution is -0.140. The Morgan fingerprint density at radius 2 is 1.76 bits per heavy atom. The number of thiophene rings is 1. The fourth-order valence-corrected chi connectivity index (χ4v) is 6.29. The minimum atomic E-state index is -4.45. The number of benzene rings is 1. The second-order valence-corrected chi connectivity index (χ2v) is 10.7. The molecule has 11 heteroatoms. The Morgan fingerprint density at radius 1 is 1.00 bits per heavy atom. The largest absolute Gasteiger partial charge is 0.431 e. The highest BCUT2D eigenvalue weighted by molar-refractivity contribution is 7.19. The first-order valence-corrected chi connectivity index (χ1v) is 13.5. The number of fused-ring (bicyclic) bond motifs is 2. The molecule has 0 amide bonds. The summed E-state index contributed by atoms with van der Waals surface area (Å²) < 4.78 is 46.9. The highest BCUT2D eigenvalue weighted by Gasteiger charge is 2.33. The average Bonchev–Trinajstić information content (AvgIpc) is 3.53. The number of alkyl halides is 3. The molecule has 2 saturated heterocycles. The molecule has 2 aliphatic heterocycles. The molecule has 2 fully saturated rings. The highest BCUT2D eigenvalue weighted by atomic mass is 32.1. The van der Waals surface area contributed by atoms with E-state index >= 15 is 0 Å². The summed E-state index contributed by atoms with van der Waals surface area (Å²) in [6, 6.07) is 8.46. The van der Waals surface area contributed by atoms with Gasteiger partial charge >= 0.3 is 6.18 Å². The van der Waals surface area contributed by atoms with Gasteiger partial charge in [-0.05, 0) is 24.7 Å². The van der Waals surface area contributed by atoms with Crippen LogP contribution in [0.3, 0.4) is 0 Å². The van der Waals surface area contributed by atoms with Crippen molar-refractivity contribution in [1.29, 1.82) is 0 Å². The van der Waals surface area contributed by atoms with E-state index in [4.69, 9.17) is 14.7 Å². The van der Waals surface area contributed by atoms with Crippen LogP contribution in [-0.2, 0) is 17.5 Å². The van der Waals surface area contributed by atoms with Crippen LogP contribution in [0.5, 0.6) is 0 Å². The molecule has 2 aliphatic rings. The molecule has 0 aliphatic carbocycles. The maximum atomic E-state index is 13.4. The summed E-state index contributed by atoms with van der Waals surface area (Å²) in [5, 5.41) is 0.464. The zero-order valence-electron chi connectivity index (χ0n) is 20.6. The van der Waals surface area contributed by atoms with Crippen LogP contribution in [0.2, 0.25) is 0 Å². The van der Waals surface area contributed by atoms with Crippen LogP contribution in [0.25, 0.3) is 32.5 Å². The van der Waals surface area contributed by atoms with E-state index in [-0.39, 0.29) is 0 Å². The van der Waals surface area contributed by atoms with Crippen molar-refractivity contribution in [2.24, 2.45) is 0 Å². The van der Waals surface area contributed by atoms with Crippen molar-refractivity contribution in [3.05, 3.63) is 40.9 Å². The maximum absolute atomic E-state index is 13.4. The molecule has 0 bridgehead atoms. The van der Waals surface area contributed by atoms with Crippen molar-refractivity contribution in [3.63, 3.8) is 0 Å². The number of aromatic nitrogens is 3. The number of rotatable bonds is 5. The monoisotopic (exact) mass is 530 g/mol. The second kappa shape index (κ2) is 9.86. The number of aromatic amines is 1. The molecule has 0 unspecified atom stereocenters. The molecule has 196 valence electrons. The molecule has 37 heavy (non-hydrogen) atoms. The van der Waals surface area contributed by atoms with Gasteiger partial charge in [-0.3, -0.25) is 4.90 Å². The summed E-state index contributed by atoms with van der Waals surface area (Å²) in [5.41, 5.74) is 1.07. The standard InChI is InChI=1S/C26H29F3N6OS/c1-2-33-6-8-34(9-7-33)16-17-14-21-23(37-17)25(35-10-12-36-13-11-35)32-24(31-21)18-4-3-5-20-19(18)15-22(30-20)26(27,28)29/h3-5,14-15,30H,2,6-13,16H2,1H3. The summed E-state index contributed by atoms with van der Waals surface area (Å²) in [7, 11) is 0. The third-order valence-electron chi connectivity index (χ3n) is 7.22. The van der Waals surface area contributed by atoms with Crippen LogP contribution in [0.15, 0.2) is 30.3 Å². The first-order valence-electron chi connectivity index (χ1n) is 12.7. The van der Waals surface area contributed by atoms with Gasteiger partial charge in [-0.2, -0.15) is 13.2 Å². The molecule has 3 aromatic heterocycles. The van der Waals surface area contributed by atoms with Crippen LogP contribution >= 0.6 is 11.3 Å². The van der Waals surface area contributed by atoms with E-state index in [2.05, 4.69) is 32.7 Å². The number of nitrogens with zero attached hydrogens (tertiary/aromatic N) is 5. The number of halogens is 3. The highest BCUT2D eigenvalue weighted by Crippen LogP contribution is 2.38. The first-order chi connectivity index (χ1) is 17.9. The van der Waals surface area contributed by atoms with Gasteiger partial charge in [0.15, 0.2) is 11.6 Å². The Hall–Kier alpha value is -2.73. The van der Waals surface area contributed by atoms with Gasteiger partial charge in [0.05, 0.1) is 23.4 Å². The Morgan fingerprint density at radius 3 is 2.49 bits per heavy atom. The fourth-order valence-electron chi connectivity index (χ4n) is 5.14. The maximum Gasteiger partial charge on any atom is 0.431 e. The third-order valence-corrected chi connectivity index (χ3v) is 8.32. The summed E-state index contributed by atoms with van der Waals surface area (Å²) in [5.74, 6) is 1.27. The van der Waals surface area contributed by atoms with Crippen molar-refractivity contribution in [2.45, 2.75) is 19.6 Å². The molecule has 7 nitrogen and oxygen atoms in total. The third kappa shape index (κ3) is 4.93. The number of hydrogen-bond acceptors (Lipinski definition) is 7. The van der Waals surface area contributed by atoms with E-state index in [1.165, 1.54) is 4.88 Å². The number of ether oxygens (including phenoxy) is 1. The zero-order chi connectivity index (χ0) is 25.6. The molecule has 5 heterocycles. The number of hydrogen-bond donors (Lipinski definition) is 1. The molecular weight excluding hydrogens is 501 g/mol. The molecule has 0 spiro atoms. The van der Waals surface area contributed by atoms with E-state index in [1.54, 1.807) is 29.5 Å². The number of anilines is 1. The van der Waals surface area contributed by atoms with E-state index in [0.717, 1.165) is 61.4 Å². The Balaban J connectivity index is 1.41. The van der Waals surface area contributed by atoms with Gasteiger partial charge in [0.2, 0.25) is 0 Å². The lowest BCUT2D eigenvalue weighted by atomic mass is 10.1. The van der Waals surface area contributed by atoms with E-state index in [1.807, 2.05) is 0 Å². The topological polar surface area (TPSA) is 60.5 Å². The SMILES string of the molecule is CCN1CCN(Cc2cc3nc(-c4cccc5[nH]c(C(F)(F)F)cc45)nc(N4CCOCC4)c3s2)CC1. The predicted molar refractivity (Wildman–Crippen MR) is 140 cm³/mol. The van der Waals surface area contributed by atoms with Gasteiger partial charge in [0.1, 0.15) is 5.69 Å². The fraction of sp³-hybridized carbons (Fsp3) is 0.462. The van der Waals surface area contributed by atoms with Crippen molar-refractivity contribution in [1.82, 2.24) is 24.8 Å². The summed E-state index contributed by atoms with van der Waals surface area (Å²) in [4.78, 5) is 20.7. The van der Waals surface area contributed by atoms with Gasteiger partial charge in [0.25, 0.3) is 0 Å². The van der Waals surface area contributed by atoms with Crippen LogP contribution < -0.4 is 4.90 Å². The Kier molecular flexibility index (Phi) is 6.56. The number of piperazine rings is 1. The molecule has 0 saturated carbocycles. The lowest BCUT2D eigenvalue weighted by Crippen LogP contribution is -2.45. The first kappa shape index (κ1) is 24.6. The normalized spacial score (nSPS) is 18.3. The smallest absolute Gasteiger partial charge is 0.378 e. The molecule has 0 radical (unpaired) electrons. The van der Waals surface area contributed by atoms with Gasteiger partial charge < -0.3 is 19.5 Å². The number of likely N-dealkylation sites (N-methyl/N-ethyl adjacent to an activating group) is 1. The van der Waals surface area contributed by atoms with Crippen LogP contribution in [0, 0.1) is 0 Å². The molecule has 4 aromatic rings. The van der Waals surface area contributed by atoms with E-state index < -0.39 is 11.9 Å². The van der Waals surface area contributed by atoms with Crippen molar-refractivity contribution < 1.29 is 17.9 Å². The minimum Gasteiger partial charge on any atom is -0.378 e. The quantitative estimate of drug-likeness (QED) is 0.399. The van der Waals surface area contributed by atoms with Crippen molar-refractivity contribution in [3.8, 4) is 11.4 Å². The van der Waals surface area contributed by atoms with E-state index in [0.29, 0.717) is 48.6 Å². The Bertz CT molecular complexity index is 1400. The van der Waals surface area contributed by atoms with Gasteiger partial charge in [-0.25, -0.2) is 9.97 Å². The summed E-state index contributed by atoms with van der Waals surface area (Å²) in [6.45, 7) is 11.0. The van der Waals surface area contributed by atoms with Crippen molar-refractivity contribution in [2.75, 3.05) is 63.9 Å². The lowest BCUT2D eigenvalue weighted by Gasteiger charge is -2.33. The van der Waals surface area contributed by atoms with Crippen LogP contribution in [-0.4, -0.2) is 83.8 Å². The summed E-state index contributed by atoms with van der Waals surface area (Å²) >= 11 is 1.72. The summed E-state index contributed by atoms with van der Waals surface area (Å²) in [6.07, 6.45) is -4.45. The molecule has 1 N–H and O–H groups in total. The Labute approximate surface area is 216 Å². The van der Waals surface area contributed by atoms with Crippen LogP contribution in [0.4, 0.5) is 19.0 Å². The van der Waals surface area contributed by atoms with Crippen LogP contribution in [0.1, 0.15) is 17.5 Å². The number of H-pyrrole nitrogens is 1. The van der Waals surface area contributed by atoms with Gasteiger partial charge in [-0.15, -0.1) is 11.3 Å². The molecular formula is C26H29F3N6OS. The molecule has 6 rings (SSSR count). The zero-order valence-corrected chi connectivity index (χ0v) is 21.5.